The number of amides is 3. The van der Waals surface area contributed by atoms with Crippen molar-refractivity contribution in [3.8, 4) is 0 Å². The van der Waals surface area contributed by atoms with Crippen LogP contribution in [0.25, 0.3) is 0 Å². The highest BCUT2D eigenvalue weighted by atomic mass is 19.2. The highest BCUT2D eigenvalue weighted by Crippen LogP contribution is 2.29. The van der Waals surface area contributed by atoms with E-state index in [-0.39, 0.29) is 36.1 Å². The first-order chi connectivity index (χ1) is 14.3. The third-order valence-corrected chi connectivity index (χ3v) is 5.30. The molecule has 0 bridgehead atoms. The molecule has 1 fully saturated rings. The summed E-state index contributed by atoms with van der Waals surface area (Å²) < 4.78 is 32.3. The van der Waals surface area contributed by atoms with Gasteiger partial charge in [0.2, 0.25) is 5.91 Å². The van der Waals surface area contributed by atoms with Crippen LogP contribution in [0, 0.1) is 17.6 Å². The number of benzene rings is 1. The SMILES string of the molecule is CCOC(=O)C1=C(CN2CCC(C(N)=O)CC2)NC(=O)N[C@@H]1c1ccc(F)c(F)c1. The molecule has 1 aromatic rings. The molecule has 2 heterocycles. The number of likely N-dealkylation sites (tertiary alicyclic amines) is 1. The first kappa shape index (κ1) is 21.7. The van der Waals surface area contributed by atoms with Crippen LogP contribution in [-0.2, 0) is 14.3 Å². The summed E-state index contributed by atoms with van der Waals surface area (Å²) in [6.45, 7) is 3.11. The maximum atomic E-state index is 13.8. The minimum absolute atomic E-state index is 0.109. The summed E-state index contributed by atoms with van der Waals surface area (Å²) in [5.41, 5.74) is 6.03. The molecule has 0 spiro atoms. The number of hydrogen-bond donors (Lipinski definition) is 3. The molecule has 3 rings (SSSR count). The van der Waals surface area contributed by atoms with Gasteiger partial charge in [-0.1, -0.05) is 6.07 Å². The lowest BCUT2D eigenvalue weighted by Crippen LogP contribution is -2.49. The van der Waals surface area contributed by atoms with Crippen molar-refractivity contribution in [3.63, 3.8) is 0 Å². The molecule has 1 aromatic carbocycles. The molecule has 0 aliphatic carbocycles. The minimum atomic E-state index is -1.08. The number of piperidine rings is 1. The number of nitrogens with one attached hydrogen (secondary N) is 2. The van der Waals surface area contributed by atoms with Gasteiger partial charge in [-0.15, -0.1) is 0 Å². The van der Waals surface area contributed by atoms with E-state index in [1.54, 1.807) is 6.92 Å². The highest BCUT2D eigenvalue weighted by Gasteiger charge is 2.35. The van der Waals surface area contributed by atoms with E-state index in [1.165, 1.54) is 6.07 Å². The molecular weight excluding hydrogens is 398 g/mol. The van der Waals surface area contributed by atoms with Gasteiger partial charge in [0.25, 0.3) is 0 Å². The Morgan fingerprint density at radius 3 is 2.53 bits per heavy atom. The maximum absolute atomic E-state index is 13.8. The summed E-state index contributed by atoms with van der Waals surface area (Å²) >= 11 is 0. The van der Waals surface area contributed by atoms with Gasteiger partial charge in [-0.05, 0) is 50.6 Å². The smallest absolute Gasteiger partial charge is 0.338 e. The third-order valence-electron chi connectivity index (χ3n) is 5.30. The third kappa shape index (κ3) is 4.76. The van der Waals surface area contributed by atoms with Crippen molar-refractivity contribution >= 4 is 17.9 Å². The molecular formula is C20H24F2N4O4. The van der Waals surface area contributed by atoms with Crippen LogP contribution in [0.2, 0.25) is 0 Å². The van der Waals surface area contributed by atoms with Gasteiger partial charge < -0.3 is 21.1 Å². The summed E-state index contributed by atoms with van der Waals surface area (Å²) in [4.78, 5) is 38.3. The van der Waals surface area contributed by atoms with Crippen molar-refractivity contribution < 1.29 is 27.9 Å². The van der Waals surface area contributed by atoms with Gasteiger partial charge in [-0.25, -0.2) is 18.4 Å². The predicted molar refractivity (Wildman–Crippen MR) is 103 cm³/mol. The fourth-order valence-corrected chi connectivity index (χ4v) is 3.73. The molecule has 1 saturated heterocycles. The molecule has 162 valence electrons. The second-order valence-corrected chi connectivity index (χ2v) is 7.27. The van der Waals surface area contributed by atoms with E-state index in [9.17, 15) is 23.2 Å². The number of rotatable bonds is 6. The highest BCUT2D eigenvalue weighted by molar-refractivity contribution is 5.95. The molecule has 0 aromatic heterocycles. The number of nitrogens with zero attached hydrogens (tertiary/aromatic N) is 1. The van der Waals surface area contributed by atoms with Crippen molar-refractivity contribution in [2.75, 3.05) is 26.2 Å². The van der Waals surface area contributed by atoms with Crippen LogP contribution in [0.3, 0.4) is 0 Å². The number of urea groups is 1. The van der Waals surface area contributed by atoms with E-state index < -0.39 is 29.7 Å². The zero-order chi connectivity index (χ0) is 21.8. The number of carbonyl (C=O) groups excluding carboxylic acids is 3. The topological polar surface area (TPSA) is 114 Å². The van der Waals surface area contributed by atoms with Crippen molar-refractivity contribution in [1.82, 2.24) is 15.5 Å². The quantitative estimate of drug-likeness (QED) is 0.599. The largest absolute Gasteiger partial charge is 0.463 e. The van der Waals surface area contributed by atoms with Gasteiger partial charge in [-0.3, -0.25) is 9.69 Å². The van der Waals surface area contributed by atoms with Crippen LogP contribution < -0.4 is 16.4 Å². The summed E-state index contributed by atoms with van der Waals surface area (Å²) in [7, 11) is 0. The second kappa shape index (κ2) is 9.21. The number of hydrogen-bond acceptors (Lipinski definition) is 5. The zero-order valence-corrected chi connectivity index (χ0v) is 16.5. The number of halogens is 2. The standard InChI is InChI=1S/C20H24F2N4O4/c1-2-30-19(28)16-15(10-26-7-5-11(6-8-26)18(23)27)24-20(29)25-17(16)12-3-4-13(21)14(22)9-12/h3-4,9,11,17H,2,5-8,10H2,1H3,(H2,23,27)(H2,24,25,29)/t17-/m1/s1. The van der Waals surface area contributed by atoms with Crippen molar-refractivity contribution in [3.05, 3.63) is 46.7 Å². The van der Waals surface area contributed by atoms with Crippen molar-refractivity contribution in [2.24, 2.45) is 11.7 Å². The molecule has 30 heavy (non-hydrogen) atoms. The number of carbonyl (C=O) groups is 3. The Hall–Kier alpha value is -3.01. The van der Waals surface area contributed by atoms with Gasteiger partial charge in [-0.2, -0.15) is 0 Å². The molecule has 1 atom stereocenters. The lowest BCUT2D eigenvalue weighted by atomic mass is 9.93. The molecule has 0 unspecified atom stereocenters. The number of ether oxygens (including phenoxy) is 1. The van der Waals surface area contributed by atoms with Crippen LogP contribution in [0.1, 0.15) is 31.4 Å². The Morgan fingerprint density at radius 1 is 1.23 bits per heavy atom. The number of primary amides is 1. The predicted octanol–water partition coefficient (Wildman–Crippen LogP) is 1.33. The maximum Gasteiger partial charge on any atom is 0.338 e. The normalized spacial score (nSPS) is 20.5. The van der Waals surface area contributed by atoms with Gasteiger partial charge in [0.15, 0.2) is 11.6 Å². The van der Waals surface area contributed by atoms with E-state index in [0.29, 0.717) is 31.6 Å². The van der Waals surface area contributed by atoms with Gasteiger partial charge in [0.1, 0.15) is 0 Å². The summed E-state index contributed by atoms with van der Waals surface area (Å²) in [6.07, 6.45) is 1.16. The molecule has 0 radical (unpaired) electrons. The average molecular weight is 422 g/mol. The summed E-state index contributed by atoms with van der Waals surface area (Å²) in [5.74, 6) is -3.31. The van der Waals surface area contributed by atoms with E-state index in [2.05, 4.69) is 10.6 Å². The molecule has 10 heteroatoms. The summed E-state index contributed by atoms with van der Waals surface area (Å²) in [5, 5.41) is 5.22. The van der Waals surface area contributed by atoms with Crippen molar-refractivity contribution in [1.29, 1.82) is 0 Å². The Balaban J connectivity index is 1.92. The van der Waals surface area contributed by atoms with E-state index >= 15 is 0 Å². The van der Waals surface area contributed by atoms with Crippen molar-refractivity contribution in [2.45, 2.75) is 25.8 Å². The molecule has 0 saturated carbocycles. The number of nitrogens with two attached hydrogens (primary N) is 1. The van der Waals surface area contributed by atoms with Gasteiger partial charge in [0.05, 0.1) is 18.2 Å². The lowest BCUT2D eigenvalue weighted by molar-refractivity contribution is -0.139. The second-order valence-electron chi connectivity index (χ2n) is 7.27. The van der Waals surface area contributed by atoms with E-state index in [1.807, 2.05) is 4.90 Å². The van der Waals surface area contributed by atoms with E-state index in [4.69, 9.17) is 10.5 Å². The summed E-state index contributed by atoms with van der Waals surface area (Å²) in [6, 6.07) is 1.63. The molecule has 4 N–H and O–H groups in total. The van der Waals surface area contributed by atoms with Crippen LogP contribution in [-0.4, -0.2) is 49.0 Å². The fourth-order valence-electron chi connectivity index (χ4n) is 3.73. The molecule has 3 amide bonds. The van der Waals surface area contributed by atoms with Crippen LogP contribution in [0.15, 0.2) is 29.5 Å². The van der Waals surface area contributed by atoms with E-state index in [0.717, 1.165) is 12.1 Å². The Kier molecular flexibility index (Phi) is 6.66. The Labute approximate surface area is 172 Å². The van der Waals surface area contributed by atoms with Crippen LogP contribution >= 0.6 is 0 Å². The first-order valence-electron chi connectivity index (χ1n) is 9.74. The molecule has 2 aliphatic rings. The number of esters is 1. The Morgan fingerprint density at radius 2 is 1.93 bits per heavy atom. The average Bonchev–Trinajstić information content (AvgIpc) is 2.70. The van der Waals surface area contributed by atoms with Crippen LogP contribution in [0.4, 0.5) is 13.6 Å². The van der Waals surface area contributed by atoms with Gasteiger partial charge >= 0.3 is 12.0 Å². The monoisotopic (exact) mass is 422 g/mol. The zero-order valence-electron chi connectivity index (χ0n) is 16.5. The minimum Gasteiger partial charge on any atom is -0.463 e. The Bertz CT molecular complexity index is 882. The first-order valence-corrected chi connectivity index (χ1v) is 9.74. The van der Waals surface area contributed by atoms with Gasteiger partial charge in [0, 0.05) is 18.2 Å². The molecule has 2 aliphatic heterocycles. The van der Waals surface area contributed by atoms with Crippen LogP contribution in [0.5, 0.6) is 0 Å². The lowest BCUT2D eigenvalue weighted by Gasteiger charge is -2.34. The fraction of sp³-hybridized carbons (Fsp3) is 0.450. The molecule has 8 nitrogen and oxygen atoms in total.